The Labute approximate surface area is 185 Å². The van der Waals surface area contributed by atoms with Gasteiger partial charge in [0.05, 0.1) is 18.8 Å². The van der Waals surface area contributed by atoms with Crippen molar-refractivity contribution in [3.05, 3.63) is 41.7 Å². The van der Waals surface area contributed by atoms with Gasteiger partial charge in [0, 0.05) is 37.3 Å². The largest absolute Gasteiger partial charge is 0.469 e. The maximum Gasteiger partial charge on any atom is 0.227 e. The van der Waals surface area contributed by atoms with Crippen molar-refractivity contribution in [3.63, 3.8) is 0 Å². The van der Waals surface area contributed by atoms with E-state index in [1.807, 2.05) is 13.0 Å². The Bertz CT molecular complexity index is 1020. The zero-order valence-electron chi connectivity index (χ0n) is 18.0. The van der Waals surface area contributed by atoms with Crippen LogP contribution in [0.2, 0.25) is 0 Å². The van der Waals surface area contributed by atoms with Crippen LogP contribution in [0.4, 0.5) is 20.3 Å². The Kier molecular flexibility index (Phi) is 5.44. The van der Waals surface area contributed by atoms with Crippen molar-refractivity contribution in [2.24, 2.45) is 0 Å². The van der Waals surface area contributed by atoms with E-state index in [2.05, 4.69) is 14.9 Å². The monoisotopic (exact) mass is 444 g/mol. The van der Waals surface area contributed by atoms with Crippen LogP contribution in [0.3, 0.4) is 0 Å². The molecule has 1 aromatic heterocycles. The van der Waals surface area contributed by atoms with Gasteiger partial charge in [0.15, 0.2) is 11.6 Å². The van der Waals surface area contributed by atoms with E-state index in [-0.39, 0.29) is 12.0 Å². The number of benzene rings is 1. The normalized spacial score (nSPS) is 21.0. The van der Waals surface area contributed by atoms with Gasteiger partial charge in [0.2, 0.25) is 11.8 Å². The molecule has 32 heavy (non-hydrogen) atoms. The fourth-order valence-corrected chi connectivity index (χ4v) is 4.92. The standard InChI is InChI=1S/C23H26F2N4O3/c1-15-26-20(12-21(27-15)32-17-13-31-14-17)28-9-7-23(8-10-28)6-2-3-22(30)29(23)16-4-5-18(24)19(25)11-16/h4-5,11-12,17H,2-3,6-10,13-14H2,1H3. The van der Waals surface area contributed by atoms with Crippen LogP contribution in [0.15, 0.2) is 24.3 Å². The molecule has 0 saturated carbocycles. The van der Waals surface area contributed by atoms with Gasteiger partial charge in [-0.1, -0.05) is 0 Å². The number of hydrogen-bond acceptors (Lipinski definition) is 6. The molecular weight excluding hydrogens is 418 g/mol. The lowest BCUT2D eigenvalue weighted by Crippen LogP contribution is -2.60. The number of hydrogen-bond donors (Lipinski definition) is 0. The maximum atomic E-state index is 13.9. The number of rotatable bonds is 4. The first kappa shape index (κ1) is 21.1. The first-order valence-electron chi connectivity index (χ1n) is 11.1. The SMILES string of the molecule is Cc1nc(OC2COC2)cc(N2CCC3(CCCC(=O)N3c3ccc(F)c(F)c3)CC2)n1. The predicted molar refractivity (Wildman–Crippen MR) is 114 cm³/mol. The van der Waals surface area contributed by atoms with Crippen molar-refractivity contribution < 1.29 is 23.0 Å². The van der Waals surface area contributed by atoms with Gasteiger partial charge in [-0.05, 0) is 44.7 Å². The second-order valence-corrected chi connectivity index (χ2v) is 8.78. The summed E-state index contributed by atoms with van der Waals surface area (Å²) in [6, 6.07) is 5.57. The topological polar surface area (TPSA) is 67.8 Å². The van der Waals surface area contributed by atoms with Crippen LogP contribution in [0.5, 0.6) is 5.88 Å². The van der Waals surface area contributed by atoms with E-state index in [4.69, 9.17) is 9.47 Å². The number of piperidine rings is 2. The maximum absolute atomic E-state index is 13.9. The zero-order valence-corrected chi connectivity index (χ0v) is 18.0. The third-order valence-electron chi connectivity index (χ3n) is 6.63. The number of ether oxygens (including phenoxy) is 2. The minimum atomic E-state index is -0.936. The zero-order chi connectivity index (χ0) is 22.3. The third-order valence-corrected chi connectivity index (χ3v) is 6.63. The average Bonchev–Trinajstić information content (AvgIpc) is 2.73. The van der Waals surface area contributed by atoms with Gasteiger partial charge in [-0.25, -0.2) is 13.8 Å². The molecule has 170 valence electrons. The highest BCUT2D eigenvalue weighted by Gasteiger charge is 2.45. The Morgan fingerprint density at radius 1 is 1.09 bits per heavy atom. The molecule has 2 aromatic rings. The summed E-state index contributed by atoms with van der Waals surface area (Å²) in [6.45, 7) is 4.35. The van der Waals surface area contributed by atoms with E-state index < -0.39 is 17.2 Å². The number of aromatic nitrogens is 2. The van der Waals surface area contributed by atoms with E-state index in [1.54, 1.807) is 4.90 Å². The van der Waals surface area contributed by atoms with Crippen molar-refractivity contribution >= 4 is 17.4 Å². The number of amides is 1. The molecule has 7 nitrogen and oxygen atoms in total. The van der Waals surface area contributed by atoms with E-state index in [0.29, 0.717) is 63.0 Å². The van der Waals surface area contributed by atoms with Gasteiger partial charge in [-0.15, -0.1) is 0 Å². The van der Waals surface area contributed by atoms with Gasteiger partial charge < -0.3 is 19.3 Å². The van der Waals surface area contributed by atoms with Gasteiger partial charge in [-0.2, -0.15) is 4.98 Å². The third kappa shape index (κ3) is 3.90. The molecule has 0 bridgehead atoms. The lowest BCUT2D eigenvalue weighted by Gasteiger charge is -2.51. The van der Waals surface area contributed by atoms with Crippen LogP contribution >= 0.6 is 0 Å². The second kappa shape index (κ2) is 8.27. The number of anilines is 2. The van der Waals surface area contributed by atoms with Crippen molar-refractivity contribution in [3.8, 4) is 5.88 Å². The van der Waals surface area contributed by atoms with Gasteiger partial charge in [-0.3, -0.25) is 4.79 Å². The molecule has 3 saturated heterocycles. The smallest absolute Gasteiger partial charge is 0.227 e. The van der Waals surface area contributed by atoms with Crippen LogP contribution in [0.1, 0.15) is 37.9 Å². The molecule has 1 amide bonds. The minimum absolute atomic E-state index is 0.0275. The molecule has 0 aliphatic carbocycles. The summed E-state index contributed by atoms with van der Waals surface area (Å²) in [7, 11) is 0. The molecule has 0 N–H and O–H groups in total. The van der Waals surface area contributed by atoms with Crippen molar-refractivity contribution in [1.82, 2.24) is 9.97 Å². The summed E-state index contributed by atoms with van der Waals surface area (Å²) in [6.07, 6.45) is 3.51. The highest BCUT2D eigenvalue weighted by molar-refractivity contribution is 5.95. The fraction of sp³-hybridized carbons (Fsp3) is 0.522. The Morgan fingerprint density at radius 2 is 1.88 bits per heavy atom. The lowest BCUT2D eigenvalue weighted by atomic mass is 9.78. The summed E-state index contributed by atoms with van der Waals surface area (Å²) in [5.41, 5.74) is 0.0270. The predicted octanol–water partition coefficient (Wildman–Crippen LogP) is 3.40. The van der Waals surface area contributed by atoms with Crippen LogP contribution in [-0.2, 0) is 9.53 Å². The average molecular weight is 444 g/mol. The molecular formula is C23H26F2N4O3. The Balaban J connectivity index is 1.36. The molecule has 0 atom stereocenters. The first-order valence-corrected chi connectivity index (χ1v) is 11.1. The summed E-state index contributed by atoms with van der Waals surface area (Å²) in [4.78, 5) is 25.7. The Morgan fingerprint density at radius 3 is 2.56 bits per heavy atom. The highest BCUT2D eigenvalue weighted by atomic mass is 19.2. The molecule has 3 fully saturated rings. The molecule has 1 aromatic carbocycles. The summed E-state index contributed by atoms with van der Waals surface area (Å²) < 4.78 is 38.5. The summed E-state index contributed by atoms with van der Waals surface area (Å²) in [5.74, 6) is 0.0877. The fourth-order valence-electron chi connectivity index (χ4n) is 4.92. The first-order chi connectivity index (χ1) is 15.4. The summed E-state index contributed by atoms with van der Waals surface area (Å²) in [5, 5.41) is 0. The van der Waals surface area contributed by atoms with E-state index in [1.165, 1.54) is 6.07 Å². The second-order valence-electron chi connectivity index (χ2n) is 8.78. The van der Waals surface area contributed by atoms with E-state index in [0.717, 1.165) is 30.8 Å². The lowest BCUT2D eigenvalue weighted by molar-refractivity contribution is -0.121. The molecule has 4 heterocycles. The van der Waals surface area contributed by atoms with Gasteiger partial charge in [0.25, 0.3) is 0 Å². The highest BCUT2D eigenvalue weighted by Crippen LogP contribution is 2.42. The van der Waals surface area contributed by atoms with E-state index >= 15 is 0 Å². The van der Waals surface area contributed by atoms with Crippen LogP contribution in [0, 0.1) is 18.6 Å². The number of carbonyl (C=O) groups excluding carboxylic acids is 1. The molecule has 1 spiro atoms. The quantitative estimate of drug-likeness (QED) is 0.720. The summed E-state index contributed by atoms with van der Waals surface area (Å²) >= 11 is 0. The van der Waals surface area contributed by atoms with Crippen LogP contribution in [-0.4, -0.2) is 53.8 Å². The molecule has 0 radical (unpaired) electrons. The van der Waals surface area contributed by atoms with Crippen molar-refractivity contribution in [1.29, 1.82) is 0 Å². The van der Waals surface area contributed by atoms with Crippen molar-refractivity contribution in [2.45, 2.75) is 50.7 Å². The molecule has 9 heteroatoms. The number of nitrogens with zero attached hydrogens (tertiary/aromatic N) is 4. The van der Waals surface area contributed by atoms with Crippen molar-refractivity contribution in [2.75, 3.05) is 36.1 Å². The molecule has 3 aliphatic heterocycles. The molecule has 5 rings (SSSR count). The van der Waals surface area contributed by atoms with Gasteiger partial charge in [0.1, 0.15) is 17.7 Å². The number of carbonyl (C=O) groups is 1. The van der Waals surface area contributed by atoms with E-state index in [9.17, 15) is 13.6 Å². The molecule has 0 unspecified atom stereocenters. The van der Waals surface area contributed by atoms with Gasteiger partial charge >= 0.3 is 0 Å². The number of aryl methyl sites for hydroxylation is 1. The molecule has 3 aliphatic rings. The number of halogens is 2. The Hall–Kier alpha value is -2.81. The minimum Gasteiger partial charge on any atom is -0.469 e. The van der Waals surface area contributed by atoms with Crippen LogP contribution < -0.4 is 14.5 Å². The van der Waals surface area contributed by atoms with Crippen LogP contribution in [0.25, 0.3) is 0 Å².